The maximum Gasteiger partial charge on any atom is 0.406 e. The second-order valence-corrected chi connectivity index (χ2v) is 7.85. The smallest absolute Gasteiger partial charge is 0.406 e. The van der Waals surface area contributed by atoms with Crippen molar-refractivity contribution in [1.29, 1.82) is 0 Å². The molecule has 1 fully saturated rings. The van der Waals surface area contributed by atoms with Gasteiger partial charge in [-0.2, -0.15) is 0 Å². The average Bonchev–Trinajstić information content (AvgIpc) is 2.59. The van der Waals surface area contributed by atoms with E-state index in [2.05, 4.69) is 58.0 Å². The molecule has 0 bridgehead atoms. The molecule has 1 heterocycles. The summed E-state index contributed by atoms with van der Waals surface area (Å²) in [4.78, 5) is 17.4. The van der Waals surface area contributed by atoms with E-state index < -0.39 is 0 Å². The fourth-order valence-electron chi connectivity index (χ4n) is 2.85. The van der Waals surface area contributed by atoms with E-state index in [1.807, 2.05) is 11.8 Å². The summed E-state index contributed by atoms with van der Waals surface area (Å²) in [7, 11) is 1.39. The third-order valence-electron chi connectivity index (χ3n) is 4.05. The van der Waals surface area contributed by atoms with Gasteiger partial charge in [0.1, 0.15) is 0 Å². The third-order valence-corrected chi connectivity index (χ3v) is 5.12. The molecule has 1 aromatic carbocycles. The maximum atomic E-state index is 11.0. The first-order valence-corrected chi connectivity index (χ1v) is 9.53. The fourth-order valence-corrected chi connectivity index (χ4v) is 3.83. The van der Waals surface area contributed by atoms with Crippen molar-refractivity contribution in [2.75, 3.05) is 51.3 Å². The van der Waals surface area contributed by atoms with E-state index >= 15 is 0 Å². The number of methoxy groups -OCH3 is 1. The van der Waals surface area contributed by atoms with Crippen molar-refractivity contribution in [3.63, 3.8) is 0 Å². The van der Waals surface area contributed by atoms with Crippen LogP contribution in [0.2, 0.25) is 0 Å². The SMILES string of the molecule is COC(=O)NCCCN1CCN(c2ccccc2SC(C)C)CC1.Cl. The number of carbonyl (C=O) groups is 1. The summed E-state index contributed by atoms with van der Waals surface area (Å²) in [6.45, 7) is 10.4. The van der Waals surface area contributed by atoms with Gasteiger partial charge < -0.3 is 15.0 Å². The van der Waals surface area contributed by atoms with Gasteiger partial charge in [-0.15, -0.1) is 24.2 Å². The number of para-hydroxylation sites is 1. The number of hydrogen-bond donors (Lipinski definition) is 1. The number of carbonyl (C=O) groups excluding carboxylic acids is 1. The number of piperazine rings is 1. The zero-order valence-corrected chi connectivity index (χ0v) is 17.0. The summed E-state index contributed by atoms with van der Waals surface area (Å²) < 4.78 is 4.57. The van der Waals surface area contributed by atoms with Crippen LogP contribution < -0.4 is 10.2 Å². The first kappa shape index (κ1) is 21.9. The number of halogens is 1. The molecule has 0 radical (unpaired) electrons. The molecular weight excluding hydrogens is 358 g/mol. The van der Waals surface area contributed by atoms with E-state index in [0.29, 0.717) is 11.8 Å². The standard InChI is InChI=1S/C18H29N3O2S.ClH/c1-15(2)24-17-8-5-4-7-16(17)21-13-11-20(12-14-21)10-6-9-19-18(22)23-3;/h4-5,7-8,15H,6,9-14H2,1-3H3,(H,19,22);1H. The number of alkyl carbamates (subject to hydrolysis) is 1. The predicted molar refractivity (Wildman–Crippen MR) is 108 cm³/mol. The van der Waals surface area contributed by atoms with Crippen molar-refractivity contribution < 1.29 is 9.53 Å². The summed E-state index contributed by atoms with van der Waals surface area (Å²) in [5.74, 6) is 0. The summed E-state index contributed by atoms with van der Waals surface area (Å²) >= 11 is 1.93. The van der Waals surface area contributed by atoms with Crippen LogP contribution in [0.3, 0.4) is 0 Å². The van der Waals surface area contributed by atoms with Crippen LogP contribution in [0.4, 0.5) is 10.5 Å². The molecule has 0 unspecified atom stereocenters. The summed E-state index contributed by atoms with van der Waals surface area (Å²) in [5.41, 5.74) is 1.36. The summed E-state index contributed by atoms with van der Waals surface area (Å²) in [6.07, 6.45) is 0.605. The number of hydrogen-bond acceptors (Lipinski definition) is 5. The van der Waals surface area contributed by atoms with Gasteiger partial charge in [0.2, 0.25) is 0 Å². The largest absolute Gasteiger partial charge is 0.453 e. The van der Waals surface area contributed by atoms with Crippen LogP contribution in [0.5, 0.6) is 0 Å². The molecule has 0 atom stereocenters. The van der Waals surface area contributed by atoms with Crippen LogP contribution >= 0.6 is 24.2 Å². The van der Waals surface area contributed by atoms with Crippen LogP contribution in [0.15, 0.2) is 29.2 Å². The molecule has 0 aliphatic carbocycles. The molecule has 5 nitrogen and oxygen atoms in total. The molecule has 0 spiro atoms. The Balaban J connectivity index is 0.00000312. The van der Waals surface area contributed by atoms with E-state index in [-0.39, 0.29) is 18.5 Å². The highest BCUT2D eigenvalue weighted by Gasteiger charge is 2.19. The second kappa shape index (κ2) is 11.5. The van der Waals surface area contributed by atoms with Gasteiger partial charge in [0.15, 0.2) is 0 Å². The van der Waals surface area contributed by atoms with E-state index in [9.17, 15) is 4.79 Å². The number of rotatable bonds is 7. The minimum Gasteiger partial charge on any atom is -0.453 e. The maximum absolute atomic E-state index is 11.0. The van der Waals surface area contributed by atoms with Crippen LogP contribution in [-0.4, -0.2) is 62.6 Å². The normalized spacial score (nSPS) is 15.0. The number of nitrogens with zero attached hydrogens (tertiary/aromatic N) is 2. The molecule has 1 aliphatic heterocycles. The molecule has 7 heteroatoms. The van der Waals surface area contributed by atoms with E-state index in [1.54, 1.807) is 0 Å². The fraction of sp³-hybridized carbons (Fsp3) is 0.611. The highest BCUT2D eigenvalue weighted by Crippen LogP contribution is 2.33. The second-order valence-electron chi connectivity index (χ2n) is 6.23. The van der Waals surface area contributed by atoms with Crippen LogP contribution in [0.1, 0.15) is 20.3 Å². The Morgan fingerprint density at radius 1 is 1.24 bits per heavy atom. The van der Waals surface area contributed by atoms with Gasteiger partial charge in [-0.3, -0.25) is 4.90 Å². The van der Waals surface area contributed by atoms with Gasteiger partial charge in [0, 0.05) is 42.9 Å². The Morgan fingerprint density at radius 2 is 1.92 bits per heavy atom. The lowest BCUT2D eigenvalue weighted by molar-refractivity contribution is 0.170. The molecule has 1 aliphatic rings. The van der Waals surface area contributed by atoms with Crippen LogP contribution in [0, 0.1) is 0 Å². The highest BCUT2D eigenvalue weighted by molar-refractivity contribution is 8.00. The van der Waals surface area contributed by atoms with Crippen LogP contribution in [-0.2, 0) is 4.74 Å². The van der Waals surface area contributed by atoms with Crippen molar-refractivity contribution >= 4 is 35.9 Å². The Kier molecular flexibility index (Phi) is 10.1. The average molecular weight is 388 g/mol. The number of ether oxygens (including phenoxy) is 1. The molecule has 142 valence electrons. The van der Waals surface area contributed by atoms with E-state index in [0.717, 1.165) is 39.1 Å². The molecule has 2 rings (SSSR count). The van der Waals surface area contributed by atoms with Crippen molar-refractivity contribution in [3.8, 4) is 0 Å². The van der Waals surface area contributed by atoms with E-state index in [4.69, 9.17) is 0 Å². The lowest BCUT2D eigenvalue weighted by Crippen LogP contribution is -2.47. The van der Waals surface area contributed by atoms with Crippen molar-refractivity contribution in [2.24, 2.45) is 0 Å². The Hall–Kier alpha value is -1.11. The van der Waals surface area contributed by atoms with Crippen molar-refractivity contribution in [1.82, 2.24) is 10.2 Å². The van der Waals surface area contributed by atoms with Crippen molar-refractivity contribution in [2.45, 2.75) is 30.4 Å². The minimum absolute atomic E-state index is 0. The van der Waals surface area contributed by atoms with Crippen molar-refractivity contribution in [3.05, 3.63) is 24.3 Å². The molecule has 0 saturated carbocycles. The van der Waals surface area contributed by atoms with Gasteiger partial charge >= 0.3 is 6.09 Å². The molecule has 1 amide bonds. The number of nitrogens with one attached hydrogen (secondary N) is 1. The molecule has 1 aromatic rings. The third kappa shape index (κ3) is 7.34. The van der Waals surface area contributed by atoms with Gasteiger partial charge in [-0.05, 0) is 25.1 Å². The highest BCUT2D eigenvalue weighted by atomic mass is 35.5. The Bertz CT molecular complexity index is 523. The monoisotopic (exact) mass is 387 g/mol. The molecule has 0 aromatic heterocycles. The van der Waals surface area contributed by atoms with Gasteiger partial charge in [0.05, 0.1) is 12.8 Å². The van der Waals surface area contributed by atoms with Gasteiger partial charge in [0.25, 0.3) is 0 Å². The van der Waals surface area contributed by atoms with Gasteiger partial charge in [-0.25, -0.2) is 4.79 Å². The number of thioether (sulfide) groups is 1. The molecule has 25 heavy (non-hydrogen) atoms. The Morgan fingerprint density at radius 3 is 2.56 bits per heavy atom. The first-order valence-electron chi connectivity index (χ1n) is 8.65. The lowest BCUT2D eigenvalue weighted by atomic mass is 10.2. The topological polar surface area (TPSA) is 44.8 Å². The lowest BCUT2D eigenvalue weighted by Gasteiger charge is -2.37. The molecular formula is C18H30ClN3O2S. The zero-order valence-electron chi connectivity index (χ0n) is 15.4. The molecule has 1 N–H and O–H groups in total. The minimum atomic E-state index is -0.348. The Labute approximate surface area is 161 Å². The number of anilines is 1. The summed E-state index contributed by atoms with van der Waals surface area (Å²) in [5, 5.41) is 3.32. The van der Waals surface area contributed by atoms with Gasteiger partial charge in [-0.1, -0.05) is 26.0 Å². The number of amides is 1. The zero-order chi connectivity index (χ0) is 17.4. The quantitative estimate of drug-likeness (QED) is 0.573. The van der Waals surface area contributed by atoms with Crippen LogP contribution in [0.25, 0.3) is 0 Å². The number of benzene rings is 1. The first-order chi connectivity index (χ1) is 11.6. The van der Waals surface area contributed by atoms with E-state index in [1.165, 1.54) is 17.7 Å². The predicted octanol–water partition coefficient (Wildman–Crippen LogP) is 3.48. The molecule has 1 saturated heterocycles. The summed E-state index contributed by atoms with van der Waals surface area (Å²) in [6, 6.07) is 8.72.